The van der Waals surface area contributed by atoms with E-state index in [1.54, 1.807) is 0 Å². The van der Waals surface area contributed by atoms with Crippen molar-refractivity contribution in [1.82, 2.24) is 5.32 Å². The van der Waals surface area contributed by atoms with Gasteiger partial charge in [-0.25, -0.2) is 0 Å². The van der Waals surface area contributed by atoms with Crippen LogP contribution >= 0.6 is 0 Å². The van der Waals surface area contributed by atoms with Crippen molar-refractivity contribution >= 4 is 0 Å². The second-order valence-corrected chi connectivity index (χ2v) is 5.68. The fourth-order valence-corrected chi connectivity index (χ4v) is 2.37. The van der Waals surface area contributed by atoms with Gasteiger partial charge in [-0.15, -0.1) is 0 Å². The predicted octanol–water partition coefficient (Wildman–Crippen LogP) is 2.72. The molecule has 0 spiro atoms. The van der Waals surface area contributed by atoms with Gasteiger partial charge in [-0.2, -0.15) is 0 Å². The molecule has 3 heteroatoms. The lowest BCUT2D eigenvalue weighted by Crippen LogP contribution is -2.48. The number of nitrogens with one attached hydrogen (secondary N) is 1. The molecule has 2 unspecified atom stereocenters. The zero-order valence-electron chi connectivity index (χ0n) is 11.9. The summed E-state index contributed by atoms with van der Waals surface area (Å²) < 4.78 is 11.4. The van der Waals surface area contributed by atoms with Gasteiger partial charge in [0.15, 0.2) is 0 Å². The molecule has 0 aromatic heterocycles. The smallest absolute Gasteiger partial charge is 0.0876 e. The summed E-state index contributed by atoms with van der Waals surface area (Å²) in [6, 6.07) is 0.246. The van der Waals surface area contributed by atoms with Crippen molar-refractivity contribution in [2.75, 3.05) is 20.3 Å². The molecule has 0 aromatic rings. The second kappa shape index (κ2) is 6.41. The topological polar surface area (TPSA) is 30.5 Å². The minimum atomic E-state index is 0.113. The Morgan fingerprint density at radius 2 is 2.18 bits per heavy atom. The molecule has 3 nitrogen and oxygen atoms in total. The summed E-state index contributed by atoms with van der Waals surface area (Å²) in [6.45, 7) is 10.3. The first-order valence-corrected chi connectivity index (χ1v) is 6.60. The van der Waals surface area contributed by atoms with Crippen LogP contribution in [0.5, 0.6) is 0 Å². The highest BCUT2D eigenvalue weighted by Crippen LogP contribution is 2.30. The summed E-state index contributed by atoms with van der Waals surface area (Å²) in [5, 5.41) is 3.39. The van der Waals surface area contributed by atoms with E-state index in [1.807, 2.05) is 13.3 Å². The van der Waals surface area contributed by atoms with Crippen LogP contribution in [0.15, 0.2) is 11.8 Å². The van der Waals surface area contributed by atoms with E-state index in [4.69, 9.17) is 9.47 Å². The molecule has 1 aliphatic rings. The fourth-order valence-electron chi connectivity index (χ4n) is 2.37. The Morgan fingerprint density at radius 1 is 1.47 bits per heavy atom. The van der Waals surface area contributed by atoms with E-state index >= 15 is 0 Å². The van der Waals surface area contributed by atoms with Gasteiger partial charge in [-0.05, 0) is 37.8 Å². The summed E-state index contributed by atoms with van der Waals surface area (Å²) in [5.41, 5.74) is 1.44. The average molecular weight is 241 g/mol. The van der Waals surface area contributed by atoms with Crippen LogP contribution in [0.4, 0.5) is 0 Å². The van der Waals surface area contributed by atoms with Crippen LogP contribution in [0, 0.1) is 5.41 Å². The molecule has 0 aromatic carbocycles. The van der Waals surface area contributed by atoms with Crippen LogP contribution < -0.4 is 5.32 Å². The molecule has 0 saturated heterocycles. The average Bonchev–Trinajstić information content (AvgIpc) is 2.29. The first-order valence-electron chi connectivity index (χ1n) is 6.60. The molecule has 2 atom stereocenters. The molecule has 0 bridgehead atoms. The summed E-state index contributed by atoms with van der Waals surface area (Å²) in [4.78, 5) is 0. The van der Waals surface area contributed by atoms with E-state index in [0.29, 0.717) is 0 Å². The Labute approximate surface area is 106 Å². The van der Waals surface area contributed by atoms with E-state index in [2.05, 4.69) is 33.0 Å². The summed E-state index contributed by atoms with van der Waals surface area (Å²) >= 11 is 0. The minimum absolute atomic E-state index is 0.113. The van der Waals surface area contributed by atoms with Crippen LogP contribution in [0.2, 0.25) is 0 Å². The van der Waals surface area contributed by atoms with E-state index < -0.39 is 0 Å². The van der Waals surface area contributed by atoms with Crippen LogP contribution in [-0.2, 0) is 9.47 Å². The fraction of sp³-hybridized carbons (Fsp3) is 0.857. The van der Waals surface area contributed by atoms with Gasteiger partial charge in [-0.3, -0.25) is 0 Å². The Kier molecular flexibility index (Phi) is 5.47. The molecular weight excluding hydrogens is 214 g/mol. The van der Waals surface area contributed by atoms with Gasteiger partial charge in [0, 0.05) is 6.61 Å². The molecule has 0 fully saturated rings. The maximum Gasteiger partial charge on any atom is 0.0876 e. The Morgan fingerprint density at radius 3 is 2.59 bits per heavy atom. The molecule has 1 aliphatic heterocycles. The second-order valence-electron chi connectivity index (χ2n) is 5.68. The number of hydrogen-bond acceptors (Lipinski definition) is 3. The van der Waals surface area contributed by atoms with Gasteiger partial charge in [0.25, 0.3) is 0 Å². The van der Waals surface area contributed by atoms with Gasteiger partial charge in [0.2, 0.25) is 0 Å². The van der Waals surface area contributed by atoms with Crippen LogP contribution in [-0.4, -0.2) is 32.4 Å². The van der Waals surface area contributed by atoms with Crippen molar-refractivity contribution in [3.63, 3.8) is 0 Å². The van der Waals surface area contributed by atoms with E-state index in [0.717, 1.165) is 26.1 Å². The molecule has 1 N–H and O–H groups in total. The molecule has 1 rings (SSSR count). The van der Waals surface area contributed by atoms with Crippen LogP contribution in [0.1, 0.15) is 40.5 Å². The van der Waals surface area contributed by atoms with Crippen LogP contribution in [0.3, 0.4) is 0 Å². The lowest BCUT2D eigenvalue weighted by atomic mass is 9.81. The van der Waals surface area contributed by atoms with Crippen molar-refractivity contribution in [2.24, 2.45) is 5.41 Å². The third-order valence-electron chi connectivity index (χ3n) is 3.18. The first kappa shape index (κ1) is 14.5. The highest BCUT2D eigenvalue weighted by molar-refractivity contribution is 5.14. The van der Waals surface area contributed by atoms with Crippen LogP contribution in [0.25, 0.3) is 0 Å². The number of ether oxygens (including phenoxy) is 2. The summed E-state index contributed by atoms with van der Waals surface area (Å²) in [7, 11) is 2.00. The van der Waals surface area contributed by atoms with Crippen molar-refractivity contribution in [2.45, 2.75) is 52.7 Å². The van der Waals surface area contributed by atoms with Gasteiger partial charge in [0.05, 0.1) is 25.0 Å². The van der Waals surface area contributed by atoms with Crippen molar-refractivity contribution in [3.05, 3.63) is 11.8 Å². The molecular formula is C14H27NO2. The SMILES string of the molecule is CCOC(C(NC)C1=COCCC1)C(C)(C)C. The molecule has 17 heavy (non-hydrogen) atoms. The Hall–Kier alpha value is -0.540. The van der Waals surface area contributed by atoms with Gasteiger partial charge in [-0.1, -0.05) is 20.8 Å². The molecule has 0 aliphatic carbocycles. The quantitative estimate of drug-likeness (QED) is 0.803. The molecule has 0 amide bonds. The van der Waals surface area contributed by atoms with Gasteiger partial charge >= 0.3 is 0 Å². The minimum Gasteiger partial charge on any atom is -0.501 e. The Balaban J connectivity index is 2.84. The predicted molar refractivity (Wildman–Crippen MR) is 71.0 cm³/mol. The van der Waals surface area contributed by atoms with E-state index in [9.17, 15) is 0 Å². The number of rotatable bonds is 5. The molecule has 1 heterocycles. The van der Waals surface area contributed by atoms with Crippen molar-refractivity contribution in [1.29, 1.82) is 0 Å². The number of likely N-dealkylation sites (N-methyl/N-ethyl adjacent to an activating group) is 1. The molecule has 0 saturated carbocycles. The highest BCUT2D eigenvalue weighted by Gasteiger charge is 2.34. The van der Waals surface area contributed by atoms with E-state index in [-0.39, 0.29) is 17.6 Å². The molecule has 100 valence electrons. The normalized spacial score (nSPS) is 20.4. The lowest BCUT2D eigenvalue weighted by molar-refractivity contribution is -0.0285. The third-order valence-corrected chi connectivity index (χ3v) is 3.18. The molecule has 0 radical (unpaired) electrons. The highest BCUT2D eigenvalue weighted by atomic mass is 16.5. The van der Waals surface area contributed by atoms with Gasteiger partial charge in [0.1, 0.15) is 0 Å². The summed E-state index contributed by atoms with van der Waals surface area (Å²) in [5.74, 6) is 0. The monoisotopic (exact) mass is 241 g/mol. The van der Waals surface area contributed by atoms with Crippen molar-refractivity contribution < 1.29 is 9.47 Å². The largest absolute Gasteiger partial charge is 0.501 e. The summed E-state index contributed by atoms with van der Waals surface area (Å²) in [6.07, 6.45) is 4.30. The number of hydrogen-bond donors (Lipinski definition) is 1. The maximum absolute atomic E-state index is 5.95. The lowest BCUT2D eigenvalue weighted by Gasteiger charge is -2.38. The van der Waals surface area contributed by atoms with Gasteiger partial charge < -0.3 is 14.8 Å². The standard InChI is InChI=1S/C14H27NO2/c1-6-17-13(14(2,3)4)12(15-5)11-8-7-9-16-10-11/h10,12-13,15H,6-9H2,1-5H3. The maximum atomic E-state index is 5.95. The zero-order chi connectivity index (χ0) is 12.9. The van der Waals surface area contributed by atoms with E-state index in [1.165, 1.54) is 5.57 Å². The van der Waals surface area contributed by atoms with Crippen molar-refractivity contribution in [3.8, 4) is 0 Å². The Bertz CT molecular complexity index is 255. The first-order chi connectivity index (χ1) is 8.00. The zero-order valence-corrected chi connectivity index (χ0v) is 11.9. The third kappa shape index (κ3) is 4.00.